The second-order valence-electron chi connectivity index (χ2n) is 6.84. The van der Waals surface area contributed by atoms with Crippen LogP contribution in [0.1, 0.15) is 70.6 Å². The summed E-state index contributed by atoms with van der Waals surface area (Å²) in [4.78, 5) is 0. The second kappa shape index (κ2) is 8.67. The Balaban J connectivity index is 1.77. The van der Waals surface area contributed by atoms with Crippen LogP contribution in [0.4, 0.5) is 0 Å². The highest BCUT2D eigenvalue weighted by Gasteiger charge is 2.36. The van der Waals surface area contributed by atoms with Gasteiger partial charge in [-0.3, -0.25) is 0 Å². The van der Waals surface area contributed by atoms with Crippen molar-refractivity contribution in [1.82, 2.24) is 5.32 Å². The molecule has 1 heteroatoms. The molecule has 1 heterocycles. The molecule has 4 atom stereocenters. The van der Waals surface area contributed by atoms with Crippen LogP contribution in [0.3, 0.4) is 0 Å². The molecule has 20 heavy (non-hydrogen) atoms. The predicted molar refractivity (Wildman–Crippen MR) is 88.9 cm³/mol. The Morgan fingerprint density at radius 2 is 1.65 bits per heavy atom. The van der Waals surface area contributed by atoms with Gasteiger partial charge >= 0.3 is 0 Å². The van der Waals surface area contributed by atoms with Gasteiger partial charge in [-0.15, -0.1) is 13.2 Å². The average Bonchev–Trinajstić information content (AvgIpc) is 2.48. The lowest BCUT2D eigenvalue weighted by Crippen LogP contribution is -2.51. The molecule has 0 aromatic carbocycles. The van der Waals surface area contributed by atoms with E-state index in [2.05, 4.69) is 30.6 Å². The zero-order valence-corrected chi connectivity index (χ0v) is 13.2. The van der Waals surface area contributed by atoms with Crippen molar-refractivity contribution in [2.45, 2.75) is 82.7 Å². The number of rotatable bonds is 8. The number of hydrogen-bond donors (Lipinski definition) is 1. The number of nitrogens with one attached hydrogen (secondary N) is 1. The highest BCUT2D eigenvalue weighted by atomic mass is 15.0. The highest BCUT2D eigenvalue weighted by molar-refractivity contribution is 4.93. The van der Waals surface area contributed by atoms with Gasteiger partial charge in [-0.2, -0.15) is 0 Å². The summed E-state index contributed by atoms with van der Waals surface area (Å²) < 4.78 is 0. The summed E-state index contributed by atoms with van der Waals surface area (Å²) in [6.07, 6.45) is 19.1. The maximum Gasteiger partial charge on any atom is 0.0101 e. The van der Waals surface area contributed by atoms with Gasteiger partial charge in [0.25, 0.3) is 0 Å². The maximum atomic E-state index is 3.98. The monoisotopic (exact) mass is 275 g/mol. The van der Waals surface area contributed by atoms with Gasteiger partial charge in [-0.25, -0.2) is 0 Å². The molecule has 0 spiro atoms. The molecule has 0 amide bonds. The third-order valence-electron chi connectivity index (χ3n) is 5.45. The van der Waals surface area contributed by atoms with Crippen LogP contribution in [-0.4, -0.2) is 12.1 Å². The fourth-order valence-electron chi connectivity index (χ4n) is 4.40. The molecule has 0 radical (unpaired) electrons. The molecule has 2 fully saturated rings. The summed E-state index contributed by atoms with van der Waals surface area (Å²) in [5, 5.41) is 3.98. The molecule has 1 aliphatic carbocycles. The minimum atomic E-state index is 0.781. The largest absolute Gasteiger partial charge is 0.311 e. The van der Waals surface area contributed by atoms with Gasteiger partial charge < -0.3 is 5.32 Å². The summed E-state index contributed by atoms with van der Waals surface area (Å²) in [6, 6.07) is 1.60. The lowest BCUT2D eigenvalue weighted by Gasteiger charge is -2.45. The van der Waals surface area contributed by atoms with Crippen LogP contribution in [0.25, 0.3) is 0 Å². The first-order valence-electron chi connectivity index (χ1n) is 8.83. The summed E-state index contributed by atoms with van der Waals surface area (Å²) in [7, 11) is 0. The van der Waals surface area contributed by atoms with E-state index in [4.69, 9.17) is 0 Å². The lowest BCUT2D eigenvalue weighted by molar-refractivity contribution is 0.105. The molecule has 1 aliphatic heterocycles. The zero-order chi connectivity index (χ0) is 14.2. The van der Waals surface area contributed by atoms with Crippen LogP contribution in [0.2, 0.25) is 0 Å². The second-order valence-corrected chi connectivity index (χ2v) is 6.84. The first kappa shape index (κ1) is 15.8. The number of allylic oxidation sites excluding steroid dienone is 2. The smallest absolute Gasteiger partial charge is 0.0101 e. The molecular weight excluding hydrogens is 242 g/mol. The van der Waals surface area contributed by atoms with E-state index in [1.54, 1.807) is 0 Å². The first-order chi connectivity index (χ1) is 9.85. The van der Waals surface area contributed by atoms with E-state index in [1.165, 1.54) is 70.6 Å². The van der Waals surface area contributed by atoms with E-state index < -0.39 is 0 Å². The molecule has 1 saturated heterocycles. The van der Waals surface area contributed by atoms with Crippen LogP contribution >= 0.6 is 0 Å². The molecule has 0 bridgehead atoms. The van der Waals surface area contributed by atoms with Crippen molar-refractivity contribution < 1.29 is 0 Å². The Kier molecular flexibility index (Phi) is 6.86. The minimum absolute atomic E-state index is 0.781. The van der Waals surface area contributed by atoms with Crippen LogP contribution < -0.4 is 5.32 Å². The van der Waals surface area contributed by atoms with Gasteiger partial charge in [0.1, 0.15) is 0 Å². The van der Waals surface area contributed by atoms with E-state index in [1.807, 2.05) is 0 Å². The van der Waals surface area contributed by atoms with Gasteiger partial charge in [0.15, 0.2) is 0 Å². The zero-order valence-electron chi connectivity index (χ0n) is 13.2. The highest BCUT2D eigenvalue weighted by Crippen LogP contribution is 2.39. The molecule has 114 valence electrons. The number of hydrogen-bond acceptors (Lipinski definition) is 1. The van der Waals surface area contributed by atoms with E-state index in [0.29, 0.717) is 0 Å². The lowest BCUT2D eigenvalue weighted by atomic mass is 9.69. The third-order valence-corrected chi connectivity index (χ3v) is 5.45. The fraction of sp³-hybridized carbons (Fsp3) is 0.789. The minimum Gasteiger partial charge on any atom is -0.311 e. The van der Waals surface area contributed by atoms with Gasteiger partial charge in [0.05, 0.1) is 0 Å². The van der Waals surface area contributed by atoms with Crippen molar-refractivity contribution in [3.8, 4) is 0 Å². The molecule has 0 aromatic rings. The summed E-state index contributed by atoms with van der Waals surface area (Å²) >= 11 is 0. The Hall–Kier alpha value is -0.560. The third kappa shape index (κ3) is 4.48. The fourth-order valence-corrected chi connectivity index (χ4v) is 4.40. The molecule has 1 saturated carbocycles. The van der Waals surface area contributed by atoms with Crippen molar-refractivity contribution in [3.63, 3.8) is 0 Å². The predicted octanol–water partition coefficient (Wildman–Crippen LogP) is 5.24. The molecular formula is C19H33N. The van der Waals surface area contributed by atoms with Crippen LogP contribution in [0, 0.1) is 11.8 Å². The van der Waals surface area contributed by atoms with Gasteiger partial charge in [-0.05, 0) is 69.6 Å². The van der Waals surface area contributed by atoms with Crippen molar-refractivity contribution in [2.24, 2.45) is 11.8 Å². The van der Waals surface area contributed by atoms with Gasteiger partial charge in [0, 0.05) is 12.1 Å². The Bertz CT molecular complexity index is 296. The molecule has 0 aromatic heterocycles. The topological polar surface area (TPSA) is 12.0 Å². The summed E-state index contributed by atoms with van der Waals surface area (Å²) in [5.41, 5.74) is 0. The summed E-state index contributed by atoms with van der Waals surface area (Å²) in [6.45, 7) is 7.68. The van der Waals surface area contributed by atoms with E-state index in [9.17, 15) is 0 Å². The summed E-state index contributed by atoms with van der Waals surface area (Å²) in [5.74, 6) is 1.94. The van der Waals surface area contributed by atoms with Crippen molar-refractivity contribution in [2.75, 3.05) is 0 Å². The normalized spacial score (nSPS) is 33.4. The number of unbranched alkanes of at least 4 members (excludes halogenated alkanes) is 2. The van der Waals surface area contributed by atoms with Gasteiger partial charge in [-0.1, -0.05) is 25.0 Å². The molecule has 1 N–H and O–H groups in total. The Morgan fingerprint density at radius 1 is 0.900 bits per heavy atom. The van der Waals surface area contributed by atoms with Crippen LogP contribution in [-0.2, 0) is 0 Å². The van der Waals surface area contributed by atoms with E-state index in [0.717, 1.165) is 23.9 Å². The number of piperidine rings is 1. The quantitative estimate of drug-likeness (QED) is 0.472. The van der Waals surface area contributed by atoms with Crippen molar-refractivity contribution >= 4 is 0 Å². The van der Waals surface area contributed by atoms with E-state index in [-0.39, 0.29) is 0 Å². The first-order valence-corrected chi connectivity index (χ1v) is 8.83. The molecule has 2 aliphatic rings. The van der Waals surface area contributed by atoms with E-state index >= 15 is 0 Å². The number of fused-ring (bicyclic) bond motifs is 1. The SMILES string of the molecule is C=CCCC[C@H]1CC[C@H]2C(CCC[C@H]2CCCC=C)N1. The van der Waals surface area contributed by atoms with Crippen molar-refractivity contribution in [1.29, 1.82) is 0 Å². The Morgan fingerprint density at radius 3 is 2.40 bits per heavy atom. The molecule has 1 unspecified atom stereocenters. The average molecular weight is 275 g/mol. The molecule has 2 rings (SSSR count). The van der Waals surface area contributed by atoms with Gasteiger partial charge in [0.2, 0.25) is 0 Å². The maximum absolute atomic E-state index is 3.98. The van der Waals surface area contributed by atoms with Crippen molar-refractivity contribution in [3.05, 3.63) is 25.3 Å². The Labute approximate surface area is 125 Å². The van der Waals surface area contributed by atoms with Crippen LogP contribution in [0.15, 0.2) is 25.3 Å². The standard InChI is InChI=1S/C19H33N/c1-3-5-7-10-16-11-9-13-19-18(16)15-14-17(20-19)12-8-6-4-2/h3-4,16-20H,1-2,5-15H2/t16-,17+,18-,19?/m1/s1. The van der Waals surface area contributed by atoms with Crippen LogP contribution in [0.5, 0.6) is 0 Å². The molecule has 1 nitrogen and oxygen atoms in total.